The Balaban J connectivity index is 1.80. The van der Waals surface area contributed by atoms with Crippen molar-refractivity contribution in [1.29, 1.82) is 5.26 Å². The van der Waals surface area contributed by atoms with Crippen molar-refractivity contribution in [2.75, 3.05) is 0 Å². The molecule has 0 bridgehead atoms. The SMILES string of the molecule is Cn1c(/C=C(\C#N)c2nc3ccccc3c(=O)[nH]2)ccc1-c1cc(Cl)cc(Cl)c1. The Morgan fingerprint density at radius 1 is 1.14 bits per heavy atom. The second-order valence-electron chi connectivity index (χ2n) is 6.46. The summed E-state index contributed by atoms with van der Waals surface area (Å²) in [5.74, 6) is 0.227. The molecular weight excluding hydrogens is 407 g/mol. The van der Waals surface area contributed by atoms with Gasteiger partial charge in [0.25, 0.3) is 5.56 Å². The maximum atomic E-state index is 12.3. The molecule has 0 aliphatic carbocycles. The molecule has 0 amide bonds. The van der Waals surface area contributed by atoms with Gasteiger partial charge in [0, 0.05) is 34.0 Å². The van der Waals surface area contributed by atoms with Crippen molar-refractivity contribution in [3.8, 4) is 17.3 Å². The quantitative estimate of drug-likeness (QED) is 0.456. The Bertz CT molecular complexity index is 1360. The number of halogens is 2. The number of nitrogens with one attached hydrogen (secondary N) is 1. The molecule has 0 saturated heterocycles. The van der Waals surface area contributed by atoms with Gasteiger partial charge < -0.3 is 9.55 Å². The number of aromatic nitrogens is 3. The van der Waals surface area contributed by atoms with E-state index in [2.05, 4.69) is 16.0 Å². The van der Waals surface area contributed by atoms with Gasteiger partial charge in [-0.05, 0) is 48.5 Å². The van der Waals surface area contributed by atoms with E-state index in [0.29, 0.717) is 20.9 Å². The van der Waals surface area contributed by atoms with Crippen molar-refractivity contribution in [1.82, 2.24) is 14.5 Å². The molecule has 0 aliphatic rings. The van der Waals surface area contributed by atoms with E-state index >= 15 is 0 Å². The summed E-state index contributed by atoms with van der Waals surface area (Å²) >= 11 is 12.2. The monoisotopic (exact) mass is 420 g/mol. The molecular formula is C22H14Cl2N4O. The van der Waals surface area contributed by atoms with Crippen LogP contribution in [0.4, 0.5) is 0 Å². The predicted octanol–water partition coefficient (Wildman–Crippen LogP) is 5.30. The normalized spacial score (nSPS) is 11.6. The van der Waals surface area contributed by atoms with Crippen molar-refractivity contribution >= 4 is 45.8 Å². The minimum Gasteiger partial charge on any atom is -0.344 e. The molecule has 2 aromatic heterocycles. The third-order valence-corrected chi connectivity index (χ3v) is 5.04. The van der Waals surface area contributed by atoms with E-state index < -0.39 is 0 Å². The van der Waals surface area contributed by atoms with Crippen LogP contribution in [0.25, 0.3) is 33.8 Å². The van der Waals surface area contributed by atoms with Gasteiger partial charge in [-0.15, -0.1) is 0 Å². The molecule has 2 aromatic carbocycles. The van der Waals surface area contributed by atoms with Gasteiger partial charge >= 0.3 is 0 Å². The fourth-order valence-electron chi connectivity index (χ4n) is 3.18. The highest BCUT2D eigenvalue weighted by atomic mass is 35.5. The van der Waals surface area contributed by atoms with Gasteiger partial charge in [0.05, 0.1) is 16.5 Å². The summed E-state index contributed by atoms with van der Waals surface area (Å²) < 4.78 is 1.92. The molecule has 4 rings (SSSR count). The van der Waals surface area contributed by atoms with E-state index in [0.717, 1.165) is 17.0 Å². The lowest BCUT2D eigenvalue weighted by atomic mass is 10.1. The van der Waals surface area contributed by atoms with E-state index in [9.17, 15) is 10.1 Å². The summed E-state index contributed by atoms with van der Waals surface area (Å²) in [4.78, 5) is 19.5. The van der Waals surface area contributed by atoms with E-state index in [1.165, 1.54) is 0 Å². The zero-order valence-electron chi connectivity index (χ0n) is 15.3. The van der Waals surface area contributed by atoms with E-state index in [1.54, 1.807) is 36.4 Å². The highest BCUT2D eigenvalue weighted by molar-refractivity contribution is 6.35. The summed E-state index contributed by atoms with van der Waals surface area (Å²) in [5, 5.41) is 11.2. The lowest BCUT2D eigenvalue weighted by Gasteiger charge is -2.08. The lowest BCUT2D eigenvalue weighted by molar-refractivity contribution is 0.924. The van der Waals surface area contributed by atoms with E-state index in [4.69, 9.17) is 23.2 Å². The van der Waals surface area contributed by atoms with Crippen LogP contribution in [0, 0.1) is 11.3 Å². The summed E-state index contributed by atoms with van der Waals surface area (Å²) in [7, 11) is 1.88. The van der Waals surface area contributed by atoms with Crippen molar-refractivity contribution in [2.24, 2.45) is 7.05 Å². The smallest absolute Gasteiger partial charge is 0.259 e. The minimum atomic E-state index is -0.284. The average Bonchev–Trinajstić information content (AvgIpc) is 3.05. The van der Waals surface area contributed by atoms with Gasteiger partial charge in [0.1, 0.15) is 6.07 Å². The number of rotatable bonds is 3. The molecule has 4 aromatic rings. The van der Waals surface area contributed by atoms with Gasteiger partial charge in [-0.25, -0.2) is 4.98 Å². The number of fused-ring (bicyclic) bond motifs is 1. The van der Waals surface area contributed by atoms with Crippen molar-refractivity contribution in [2.45, 2.75) is 0 Å². The van der Waals surface area contributed by atoms with Crippen LogP contribution in [0.15, 0.2) is 59.4 Å². The number of nitriles is 1. The number of H-pyrrole nitrogens is 1. The number of para-hydroxylation sites is 1. The summed E-state index contributed by atoms with van der Waals surface area (Å²) in [6, 6.07) is 18.2. The van der Waals surface area contributed by atoms with Crippen LogP contribution in [0.3, 0.4) is 0 Å². The Labute approximate surface area is 176 Å². The fourth-order valence-corrected chi connectivity index (χ4v) is 3.71. The number of benzene rings is 2. The highest BCUT2D eigenvalue weighted by Gasteiger charge is 2.11. The van der Waals surface area contributed by atoms with E-state index in [-0.39, 0.29) is 17.0 Å². The van der Waals surface area contributed by atoms with Gasteiger partial charge in [-0.2, -0.15) is 5.26 Å². The number of allylic oxidation sites excluding steroid dienone is 1. The number of hydrogen-bond donors (Lipinski definition) is 1. The van der Waals surface area contributed by atoms with Crippen LogP contribution >= 0.6 is 23.2 Å². The van der Waals surface area contributed by atoms with Crippen molar-refractivity contribution in [3.05, 3.63) is 86.5 Å². The zero-order chi connectivity index (χ0) is 20.5. The molecule has 142 valence electrons. The molecule has 0 aliphatic heterocycles. The first-order valence-electron chi connectivity index (χ1n) is 8.69. The molecule has 0 fully saturated rings. The number of hydrogen-bond acceptors (Lipinski definition) is 3. The first kappa shape index (κ1) is 19.0. The van der Waals surface area contributed by atoms with Gasteiger partial charge in [-0.3, -0.25) is 4.79 Å². The Morgan fingerprint density at radius 2 is 1.86 bits per heavy atom. The third kappa shape index (κ3) is 3.68. The van der Waals surface area contributed by atoms with Crippen LogP contribution in [0.5, 0.6) is 0 Å². The first-order chi connectivity index (χ1) is 14.0. The topological polar surface area (TPSA) is 74.5 Å². The Morgan fingerprint density at radius 3 is 2.59 bits per heavy atom. The standard InChI is InChI=1S/C22H14Cl2N4O/c1-28-17(6-7-20(28)13-8-15(23)11-16(24)9-13)10-14(12-25)21-26-19-5-3-2-4-18(19)22(29)27-21/h2-11H,1H3,(H,26,27,29)/b14-10+. The zero-order valence-corrected chi connectivity index (χ0v) is 16.8. The predicted molar refractivity (Wildman–Crippen MR) is 117 cm³/mol. The van der Waals surface area contributed by atoms with Gasteiger partial charge in [0.2, 0.25) is 0 Å². The molecule has 29 heavy (non-hydrogen) atoms. The molecule has 0 atom stereocenters. The highest BCUT2D eigenvalue weighted by Crippen LogP contribution is 2.29. The van der Waals surface area contributed by atoms with E-state index in [1.807, 2.05) is 35.9 Å². The second-order valence-corrected chi connectivity index (χ2v) is 7.33. The number of aromatic amines is 1. The molecule has 0 spiro atoms. The van der Waals surface area contributed by atoms with Crippen molar-refractivity contribution in [3.63, 3.8) is 0 Å². The third-order valence-electron chi connectivity index (χ3n) is 4.60. The molecule has 0 saturated carbocycles. The fraction of sp³-hybridized carbons (Fsp3) is 0.0455. The molecule has 1 N–H and O–H groups in total. The molecule has 0 radical (unpaired) electrons. The van der Waals surface area contributed by atoms with Crippen LogP contribution in [0.1, 0.15) is 11.5 Å². The first-order valence-corrected chi connectivity index (χ1v) is 9.45. The molecule has 5 nitrogen and oxygen atoms in total. The minimum absolute atomic E-state index is 0.227. The maximum absolute atomic E-state index is 12.3. The van der Waals surface area contributed by atoms with Gasteiger partial charge in [0.15, 0.2) is 5.82 Å². The second kappa shape index (κ2) is 7.59. The molecule has 2 heterocycles. The Kier molecular flexibility index (Phi) is 4.98. The largest absolute Gasteiger partial charge is 0.344 e. The summed E-state index contributed by atoms with van der Waals surface area (Å²) in [5.41, 5.74) is 3.02. The summed E-state index contributed by atoms with van der Waals surface area (Å²) in [6.45, 7) is 0. The molecule has 7 heteroatoms. The van der Waals surface area contributed by atoms with Crippen LogP contribution in [-0.2, 0) is 7.05 Å². The lowest BCUT2D eigenvalue weighted by Crippen LogP contribution is -2.11. The van der Waals surface area contributed by atoms with Crippen molar-refractivity contribution < 1.29 is 0 Å². The number of nitrogens with zero attached hydrogens (tertiary/aromatic N) is 3. The maximum Gasteiger partial charge on any atom is 0.259 e. The Hall–Kier alpha value is -3.33. The van der Waals surface area contributed by atoms with Crippen LogP contribution in [-0.4, -0.2) is 14.5 Å². The summed E-state index contributed by atoms with van der Waals surface area (Å²) in [6.07, 6.45) is 1.68. The average molecular weight is 421 g/mol. The van der Waals surface area contributed by atoms with Crippen LogP contribution < -0.4 is 5.56 Å². The van der Waals surface area contributed by atoms with Crippen LogP contribution in [0.2, 0.25) is 10.0 Å². The molecule has 0 unspecified atom stereocenters. The van der Waals surface area contributed by atoms with Gasteiger partial charge in [-0.1, -0.05) is 35.3 Å².